The molecule has 1 fully saturated rings. The van der Waals surface area contributed by atoms with Crippen LogP contribution in [0.2, 0.25) is 0 Å². The minimum absolute atomic E-state index is 0.302. The lowest BCUT2D eigenvalue weighted by Crippen LogP contribution is -2.37. The first-order valence-electron chi connectivity index (χ1n) is 7.63. The van der Waals surface area contributed by atoms with Gasteiger partial charge in [-0.1, -0.05) is 0 Å². The zero-order chi connectivity index (χ0) is 15.6. The van der Waals surface area contributed by atoms with Crippen LogP contribution in [0.15, 0.2) is 12.1 Å². The van der Waals surface area contributed by atoms with E-state index in [4.69, 9.17) is 10.5 Å². The highest BCUT2D eigenvalue weighted by Crippen LogP contribution is 2.27. The number of anilines is 2. The van der Waals surface area contributed by atoms with Crippen molar-refractivity contribution in [2.75, 3.05) is 37.8 Å². The molecule has 1 saturated heterocycles. The van der Waals surface area contributed by atoms with E-state index in [1.54, 1.807) is 0 Å². The summed E-state index contributed by atoms with van der Waals surface area (Å²) in [6, 6.07) is 4.43. The number of pyridine rings is 1. The Bertz CT molecular complexity index is 484. The lowest BCUT2D eigenvalue weighted by Gasteiger charge is -2.27. The van der Waals surface area contributed by atoms with Gasteiger partial charge in [0.1, 0.15) is 11.4 Å². The maximum absolute atomic E-state index is 5.97. The first-order valence-corrected chi connectivity index (χ1v) is 7.63. The highest BCUT2D eigenvalue weighted by atomic mass is 16.5. The summed E-state index contributed by atoms with van der Waals surface area (Å²) < 4.78 is 5.84. The molecule has 0 amide bonds. The summed E-state index contributed by atoms with van der Waals surface area (Å²) in [6.07, 6.45) is 2.53. The molecule has 5 nitrogen and oxygen atoms in total. The van der Waals surface area contributed by atoms with Crippen LogP contribution in [0.4, 0.5) is 11.5 Å². The van der Waals surface area contributed by atoms with Gasteiger partial charge in [0.05, 0.1) is 5.69 Å². The van der Waals surface area contributed by atoms with Crippen molar-refractivity contribution in [3.63, 3.8) is 0 Å². The molecule has 0 aromatic carbocycles. The Morgan fingerprint density at radius 1 is 1.43 bits per heavy atom. The Labute approximate surface area is 128 Å². The summed E-state index contributed by atoms with van der Waals surface area (Å²) in [7, 11) is 4.27. The quantitative estimate of drug-likeness (QED) is 0.923. The van der Waals surface area contributed by atoms with Gasteiger partial charge in [0.2, 0.25) is 5.88 Å². The molecule has 0 saturated carbocycles. The average Bonchev–Trinajstić information content (AvgIpc) is 2.76. The lowest BCUT2D eigenvalue weighted by molar-refractivity contribution is 0.125. The predicted octanol–water partition coefficient (Wildman–Crippen LogP) is 2.37. The molecule has 1 aliphatic rings. The monoisotopic (exact) mass is 292 g/mol. The largest absolute Gasteiger partial charge is 0.470 e. The van der Waals surface area contributed by atoms with Crippen molar-refractivity contribution in [1.29, 1.82) is 0 Å². The van der Waals surface area contributed by atoms with Crippen LogP contribution in [-0.2, 0) is 0 Å². The van der Waals surface area contributed by atoms with E-state index < -0.39 is 0 Å². The summed E-state index contributed by atoms with van der Waals surface area (Å²) in [6.45, 7) is 8.16. The Kier molecular flexibility index (Phi) is 4.61. The number of hydrogen-bond donors (Lipinski definition) is 1. The van der Waals surface area contributed by atoms with Gasteiger partial charge in [-0.3, -0.25) is 0 Å². The zero-order valence-corrected chi connectivity index (χ0v) is 13.9. The van der Waals surface area contributed by atoms with Crippen LogP contribution in [0, 0.1) is 0 Å². The van der Waals surface area contributed by atoms with Crippen molar-refractivity contribution >= 4 is 11.5 Å². The van der Waals surface area contributed by atoms with Crippen molar-refractivity contribution < 1.29 is 4.74 Å². The average molecular weight is 292 g/mol. The highest BCUT2D eigenvalue weighted by molar-refractivity contribution is 5.54. The van der Waals surface area contributed by atoms with E-state index in [1.165, 1.54) is 19.4 Å². The standard InChI is InChI=1S/C16H28N4O/c1-16(2,3)21-15-13(17)8-9-14(18-15)20(5)11-12-7-6-10-19(12)4/h8-9,12H,6-7,10-11,17H2,1-5H3. The second-order valence-electron chi connectivity index (χ2n) is 6.94. The van der Waals surface area contributed by atoms with Gasteiger partial charge in [0.25, 0.3) is 0 Å². The Hall–Kier alpha value is -1.49. The fourth-order valence-electron chi connectivity index (χ4n) is 2.65. The molecule has 0 spiro atoms. The molecule has 2 rings (SSSR count). The van der Waals surface area contributed by atoms with Crippen LogP contribution in [-0.4, -0.2) is 48.7 Å². The van der Waals surface area contributed by atoms with E-state index in [1.807, 2.05) is 32.9 Å². The molecule has 0 aliphatic carbocycles. The van der Waals surface area contributed by atoms with E-state index in [0.717, 1.165) is 12.4 Å². The molecule has 2 heterocycles. The van der Waals surface area contributed by atoms with E-state index >= 15 is 0 Å². The smallest absolute Gasteiger partial charge is 0.239 e. The molecule has 1 atom stereocenters. The third-order valence-electron chi connectivity index (χ3n) is 3.83. The topological polar surface area (TPSA) is 54.6 Å². The van der Waals surface area contributed by atoms with Crippen LogP contribution >= 0.6 is 0 Å². The van der Waals surface area contributed by atoms with Crippen molar-refractivity contribution in [3.05, 3.63) is 12.1 Å². The Balaban J connectivity index is 2.10. The summed E-state index contributed by atoms with van der Waals surface area (Å²) in [5, 5.41) is 0. The van der Waals surface area contributed by atoms with Gasteiger partial charge < -0.3 is 20.3 Å². The van der Waals surface area contributed by atoms with Gasteiger partial charge in [-0.25, -0.2) is 0 Å². The number of nitrogens with zero attached hydrogens (tertiary/aromatic N) is 3. The molecular formula is C16H28N4O. The van der Waals surface area contributed by atoms with Gasteiger partial charge in [0, 0.05) is 19.6 Å². The number of likely N-dealkylation sites (tertiary alicyclic amines) is 1. The second-order valence-corrected chi connectivity index (χ2v) is 6.94. The van der Waals surface area contributed by atoms with Gasteiger partial charge in [-0.2, -0.15) is 4.98 Å². The van der Waals surface area contributed by atoms with Crippen molar-refractivity contribution in [2.24, 2.45) is 0 Å². The summed E-state index contributed by atoms with van der Waals surface area (Å²) in [4.78, 5) is 9.18. The third-order valence-corrected chi connectivity index (χ3v) is 3.83. The maximum Gasteiger partial charge on any atom is 0.239 e. The Morgan fingerprint density at radius 3 is 2.71 bits per heavy atom. The van der Waals surface area contributed by atoms with Crippen LogP contribution < -0.4 is 15.4 Å². The molecule has 5 heteroatoms. The Morgan fingerprint density at radius 2 is 2.14 bits per heavy atom. The van der Waals surface area contributed by atoms with Crippen LogP contribution in [0.5, 0.6) is 5.88 Å². The van der Waals surface area contributed by atoms with Crippen molar-refractivity contribution in [1.82, 2.24) is 9.88 Å². The fraction of sp³-hybridized carbons (Fsp3) is 0.688. The number of rotatable bonds is 4. The molecule has 21 heavy (non-hydrogen) atoms. The van der Waals surface area contributed by atoms with E-state index in [2.05, 4.69) is 28.9 Å². The molecule has 1 unspecified atom stereocenters. The van der Waals surface area contributed by atoms with E-state index in [0.29, 0.717) is 17.6 Å². The van der Waals surface area contributed by atoms with Crippen LogP contribution in [0.25, 0.3) is 0 Å². The summed E-state index contributed by atoms with van der Waals surface area (Å²) in [5.74, 6) is 1.43. The number of nitrogen functional groups attached to an aromatic ring is 1. The van der Waals surface area contributed by atoms with Crippen LogP contribution in [0.3, 0.4) is 0 Å². The van der Waals surface area contributed by atoms with Gasteiger partial charge >= 0.3 is 0 Å². The molecular weight excluding hydrogens is 264 g/mol. The summed E-state index contributed by atoms with van der Waals surface area (Å²) >= 11 is 0. The van der Waals surface area contributed by atoms with Crippen molar-refractivity contribution in [2.45, 2.75) is 45.3 Å². The fourth-order valence-corrected chi connectivity index (χ4v) is 2.65. The molecule has 1 aromatic rings. The van der Waals surface area contributed by atoms with Crippen LogP contribution in [0.1, 0.15) is 33.6 Å². The predicted molar refractivity (Wildman–Crippen MR) is 88.0 cm³/mol. The summed E-state index contributed by atoms with van der Waals surface area (Å²) in [5.41, 5.74) is 6.25. The number of likely N-dealkylation sites (N-methyl/N-ethyl adjacent to an activating group) is 2. The third kappa shape index (κ3) is 4.24. The molecule has 0 radical (unpaired) electrons. The van der Waals surface area contributed by atoms with Crippen molar-refractivity contribution in [3.8, 4) is 5.88 Å². The number of aromatic nitrogens is 1. The first-order chi connectivity index (χ1) is 9.76. The minimum Gasteiger partial charge on any atom is -0.470 e. The van der Waals surface area contributed by atoms with Gasteiger partial charge in [-0.05, 0) is 59.3 Å². The first kappa shape index (κ1) is 15.9. The number of hydrogen-bond acceptors (Lipinski definition) is 5. The molecule has 118 valence electrons. The van der Waals surface area contributed by atoms with Gasteiger partial charge in [0.15, 0.2) is 0 Å². The zero-order valence-electron chi connectivity index (χ0n) is 13.9. The number of nitrogens with two attached hydrogens (primary N) is 1. The molecule has 0 bridgehead atoms. The molecule has 1 aliphatic heterocycles. The molecule has 1 aromatic heterocycles. The normalized spacial score (nSPS) is 19.8. The molecule has 2 N–H and O–H groups in total. The van der Waals surface area contributed by atoms with Gasteiger partial charge in [-0.15, -0.1) is 0 Å². The lowest BCUT2D eigenvalue weighted by atomic mass is 10.2. The number of ether oxygens (including phenoxy) is 1. The van der Waals surface area contributed by atoms with E-state index in [9.17, 15) is 0 Å². The second kappa shape index (κ2) is 6.10. The minimum atomic E-state index is -0.302. The SMILES string of the molecule is CN(CC1CCCN1C)c1ccc(N)c(OC(C)(C)C)n1. The van der Waals surface area contributed by atoms with E-state index in [-0.39, 0.29) is 5.60 Å². The maximum atomic E-state index is 5.97. The highest BCUT2D eigenvalue weighted by Gasteiger charge is 2.23.